The Balaban J connectivity index is 3.46. The SMILES string of the molecule is COc1cc(OC)c(CC=O)c(C(F)(F)F)c1. The van der Waals surface area contributed by atoms with Crippen molar-refractivity contribution in [3.8, 4) is 11.5 Å². The van der Waals surface area contributed by atoms with Crippen molar-refractivity contribution < 1.29 is 27.4 Å². The molecule has 1 aromatic carbocycles. The van der Waals surface area contributed by atoms with Gasteiger partial charge in [0.25, 0.3) is 0 Å². The predicted octanol–water partition coefficient (Wildman–Crippen LogP) is 2.46. The number of halogens is 3. The fraction of sp³-hybridized carbons (Fsp3) is 0.364. The van der Waals surface area contributed by atoms with Gasteiger partial charge in [-0.3, -0.25) is 0 Å². The van der Waals surface area contributed by atoms with Gasteiger partial charge in [-0.2, -0.15) is 13.2 Å². The van der Waals surface area contributed by atoms with Gasteiger partial charge in [0.1, 0.15) is 17.8 Å². The summed E-state index contributed by atoms with van der Waals surface area (Å²) in [5.41, 5.74) is -1.10. The van der Waals surface area contributed by atoms with Crippen molar-refractivity contribution in [3.05, 3.63) is 23.3 Å². The molecule has 0 aliphatic heterocycles. The maximum absolute atomic E-state index is 12.8. The molecule has 0 saturated carbocycles. The fourth-order valence-corrected chi connectivity index (χ4v) is 1.47. The van der Waals surface area contributed by atoms with E-state index in [0.29, 0.717) is 6.29 Å². The lowest BCUT2D eigenvalue weighted by molar-refractivity contribution is -0.138. The van der Waals surface area contributed by atoms with Gasteiger partial charge in [-0.15, -0.1) is 0 Å². The fourth-order valence-electron chi connectivity index (χ4n) is 1.47. The van der Waals surface area contributed by atoms with Gasteiger partial charge >= 0.3 is 6.18 Å². The van der Waals surface area contributed by atoms with E-state index in [1.807, 2.05) is 0 Å². The van der Waals surface area contributed by atoms with Gasteiger partial charge in [0, 0.05) is 18.1 Å². The molecular weight excluding hydrogens is 237 g/mol. The molecule has 6 heteroatoms. The highest BCUT2D eigenvalue weighted by atomic mass is 19.4. The normalized spacial score (nSPS) is 11.1. The number of ether oxygens (including phenoxy) is 2. The Morgan fingerprint density at radius 3 is 2.29 bits per heavy atom. The van der Waals surface area contributed by atoms with Gasteiger partial charge in [0.05, 0.1) is 19.8 Å². The third-order valence-corrected chi connectivity index (χ3v) is 2.23. The van der Waals surface area contributed by atoms with Gasteiger partial charge in [0.2, 0.25) is 0 Å². The molecule has 0 radical (unpaired) electrons. The number of carbonyl (C=O) groups excluding carboxylic acids is 1. The highest BCUT2D eigenvalue weighted by molar-refractivity contribution is 5.61. The lowest BCUT2D eigenvalue weighted by Crippen LogP contribution is -2.11. The largest absolute Gasteiger partial charge is 0.497 e. The number of hydrogen-bond donors (Lipinski definition) is 0. The molecule has 1 aromatic rings. The summed E-state index contributed by atoms with van der Waals surface area (Å²) in [5.74, 6) is 0.0209. The first-order valence-electron chi connectivity index (χ1n) is 4.69. The van der Waals surface area contributed by atoms with Crippen molar-refractivity contribution in [2.45, 2.75) is 12.6 Å². The molecule has 0 saturated heterocycles. The van der Waals surface area contributed by atoms with Gasteiger partial charge in [-0.05, 0) is 6.07 Å². The van der Waals surface area contributed by atoms with E-state index in [2.05, 4.69) is 0 Å². The zero-order chi connectivity index (χ0) is 13.1. The van der Waals surface area contributed by atoms with E-state index in [1.54, 1.807) is 0 Å². The Morgan fingerprint density at radius 1 is 1.24 bits per heavy atom. The molecule has 17 heavy (non-hydrogen) atoms. The van der Waals surface area contributed by atoms with Crippen LogP contribution in [0.4, 0.5) is 13.2 Å². The minimum absolute atomic E-state index is 0.0104. The average Bonchev–Trinajstić information content (AvgIpc) is 2.28. The number of alkyl halides is 3. The molecule has 94 valence electrons. The van der Waals surface area contributed by atoms with E-state index < -0.39 is 11.7 Å². The summed E-state index contributed by atoms with van der Waals surface area (Å²) in [6, 6.07) is 2.16. The van der Waals surface area contributed by atoms with E-state index in [0.717, 1.165) is 6.07 Å². The second-order valence-electron chi connectivity index (χ2n) is 3.22. The third-order valence-electron chi connectivity index (χ3n) is 2.23. The molecule has 0 aliphatic carbocycles. The molecule has 0 spiro atoms. The van der Waals surface area contributed by atoms with E-state index in [1.165, 1.54) is 20.3 Å². The van der Waals surface area contributed by atoms with Crippen LogP contribution in [0.3, 0.4) is 0 Å². The lowest BCUT2D eigenvalue weighted by Gasteiger charge is -2.16. The Labute approximate surface area is 96.1 Å². The average molecular weight is 248 g/mol. The summed E-state index contributed by atoms with van der Waals surface area (Å²) < 4.78 is 47.9. The number of carbonyl (C=O) groups is 1. The van der Waals surface area contributed by atoms with E-state index in [9.17, 15) is 18.0 Å². The van der Waals surface area contributed by atoms with Gasteiger partial charge in [-0.1, -0.05) is 0 Å². The van der Waals surface area contributed by atoms with Crippen LogP contribution >= 0.6 is 0 Å². The van der Waals surface area contributed by atoms with Crippen LogP contribution in [0, 0.1) is 0 Å². The van der Waals surface area contributed by atoms with Crippen LogP contribution in [0.25, 0.3) is 0 Å². The summed E-state index contributed by atoms with van der Waals surface area (Å²) in [7, 11) is 2.50. The van der Waals surface area contributed by atoms with Crippen LogP contribution in [0.5, 0.6) is 11.5 Å². The highest BCUT2D eigenvalue weighted by Crippen LogP contribution is 2.39. The van der Waals surface area contributed by atoms with E-state index in [4.69, 9.17) is 9.47 Å². The standard InChI is InChI=1S/C11H11F3O3/c1-16-7-5-9(11(12,13)14)8(3-4-15)10(6-7)17-2/h4-6H,3H2,1-2H3. The number of hydrogen-bond acceptors (Lipinski definition) is 3. The second-order valence-corrected chi connectivity index (χ2v) is 3.22. The molecule has 1 rings (SSSR count). The van der Waals surface area contributed by atoms with Crippen LogP contribution in [0.1, 0.15) is 11.1 Å². The summed E-state index contributed by atoms with van der Waals surface area (Å²) in [6.07, 6.45) is -4.51. The smallest absolute Gasteiger partial charge is 0.416 e. The van der Waals surface area contributed by atoms with Crippen LogP contribution in [0.2, 0.25) is 0 Å². The molecule has 0 aliphatic rings. The summed E-state index contributed by atoms with van der Waals surface area (Å²) in [6.45, 7) is 0. The first-order valence-corrected chi connectivity index (χ1v) is 4.69. The number of methoxy groups -OCH3 is 2. The Hall–Kier alpha value is -1.72. The first kappa shape index (κ1) is 13.3. The van der Waals surface area contributed by atoms with Crippen molar-refractivity contribution in [1.82, 2.24) is 0 Å². The number of benzene rings is 1. The van der Waals surface area contributed by atoms with Crippen molar-refractivity contribution in [2.24, 2.45) is 0 Å². The molecule has 0 amide bonds. The van der Waals surface area contributed by atoms with Crippen molar-refractivity contribution in [1.29, 1.82) is 0 Å². The van der Waals surface area contributed by atoms with E-state index in [-0.39, 0.29) is 23.5 Å². The molecule has 0 aromatic heterocycles. The molecule has 0 bridgehead atoms. The molecule has 3 nitrogen and oxygen atoms in total. The first-order chi connectivity index (χ1) is 7.93. The van der Waals surface area contributed by atoms with E-state index >= 15 is 0 Å². The zero-order valence-electron chi connectivity index (χ0n) is 9.30. The molecule has 0 N–H and O–H groups in total. The van der Waals surface area contributed by atoms with Crippen LogP contribution in [0.15, 0.2) is 12.1 Å². The third kappa shape index (κ3) is 2.89. The summed E-state index contributed by atoms with van der Waals surface area (Å²) in [4.78, 5) is 10.4. The van der Waals surface area contributed by atoms with Gasteiger partial charge < -0.3 is 14.3 Å². The Kier molecular flexibility index (Phi) is 3.98. The maximum atomic E-state index is 12.8. The van der Waals surface area contributed by atoms with Crippen LogP contribution < -0.4 is 9.47 Å². The number of rotatable bonds is 4. The van der Waals surface area contributed by atoms with Crippen molar-refractivity contribution >= 4 is 6.29 Å². The van der Waals surface area contributed by atoms with Crippen LogP contribution in [-0.2, 0) is 17.4 Å². The Bertz CT molecular complexity index is 413. The summed E-state index contributed by atoms with van der Waals surface area (Å²) >= 11 is 0. The minimum atomic E-state index is -4.56. The molecule has 0 fully saturated rings. The van der Waals surface area contributed by atoms with Crippen molar-refractivity contribution in [3.63, 3.8) is 0 Å². The minimum Gasteiger partial charge on any atom is -0.497 e. The quantitative estimate of drug-likeness (QED) is 0.768. The highest BCUT2D eigenvalue weighted by Gasteiger charge is 2.35. The van der Waals surface area contributed by atoms with Gasteiger partial charge in [0.15, 0.2) is 0 Å². The topological polar surface area (TPSA) is 35.5 Å². The Morgan fingerprint density at radius 2 is 1.88 bits per heavy atom. The zero-order valence-corrected chi connectivity index (χ0v) is 9.30. The monoisotopic (exact) mass is 248 g/mol. The second kappa shape index (κ2) is 5.07. The molecule has 0 unspecified atom stereocenters. The van der Waals surface area contributed by atoms with Gasteiger partial charge in [-0.25, -0.2) is 0 Å². The lowest BCUT2D eigenvalue weighted by atomic mass is 10.0. The molecular formula is C11H11F3O3. The predicted molar refractivity (Wildman–Crippen MR) is 54.3 cm³/mol. The summed E-state index contributed by atoms with van der Waals surface area (Å²) in [5, 5.41) is 0. The number of aldehydes is 1. The van der Waals surface area contributed by atoms with Crippen LogP contribution in [-0.4, -0.2) is 20.5 Å². The molecule has 0 atom stereocenters. The van der Waals surface area contributed by atoms with Crippen molar-refractivity contribution in [2.75, 3.05) is 14.2 Å². The molecule has 0 heterocycles. The maximum Gasteiger partial charge on any atom is 0.416 e.